The molecule has 0 saturated carbocycles. The van der Waals surface area contributed by atoms with Gasteiger partial charge in [0.15, 0.2) is 0 Å². The third-order valence-electron chi connectivity index (χ3n) is 2.66. The lowest BCUT2D eigenvalue weighted by Gasteiger charge is -2.15. The second-order valence-corrected chi connectivity index (χ2v) is 4.08. The van der Waals surface area contributed by atoms with Crippen molar-refractivity contribution in [3.8, 4) is 0 Å². The molecule has 0 amide bonds. The fourth-order valence-corrected chi connectivity index (χ4v) is 1.61. The summed E-state index contributed by atoms with van der Waals surface area (Å²) in [6, 6.07) is 6.60. The quantitative estimate of drug-likeness (QED) is 0.588. The Labute approximate surface area is 105 Å². The second-order valence-electron chi connectivity index (χ2n) is 4.08. The summed E-state index contributed by atoms with van der Waals surface area (Å²) >= 11 is 0. The smallest absolute Gasteiger partial charge is 0.304 e. The molecule has 1 aromatic carbocycles. The van der Waals surface area contributed by atoms with Crippen molar-refractivity contribution in [3.05, 3.63) is 39.9 Å². The maximum Gasteiger partial charge on any atom is 0.304 e. The Kier molecular flexibility index (Phi) is 5.26. The second kappa shape index (κ2) is 6.70. The zero-order chi connectivity index (χ0) is 13.5. The average Bonchev–Trinajstić information content (AvgIpc) is 2.34. The lowest BCUT2D eigenvalue weighted by atomic mass is 10.1. The average molecular weight is 252 g/mol. The zero-order valence-electron chi connectivity index (χ0n) is 10.2. The van der Waals surface area contributed by atoms with Gasteiger partial charge in [-0.3, -0.25) is 14.9 Å². The van der Waals surface area contributed by atoms with Crippen LogP contribution < -0.4 is 0 Å². The molecule has 0 unspecified atom stereocenters. The highest BCUT2D eigenvalue weighted by molar-refractivity contribution is 5.66. The largest absolute Gasteiger partial charge is 0.481 e. The van der Waals surface area contributed by atoms with Crippen LogP contribution in [0.5, 0.6) is 0 Å². The van der Waals surface area contributed by atoms with Crippen LogP contribution in [0.3, 0.4) is 0 Å². The van der Waals surface area contributed by atoms with Crippen molar-refractivity contribution in [2.75, 3.05) is 20.1 Å². The van der Waals surface area contributed by atoms with E-state index in [-0.39, 0.29) is 12.1 Å². The first-order valence-electron chi connectivity index (χ1n) is 5.63. The molecule has 0 heterocycles. The Morgan fingerprint density at radius 3 is 2.67 bits per heavy atom. The lowest BCUT2D eigenvalue weighted by Crippen LogP contribution is -2.24. The molecule has 1 aromatic rings. The van der Waals surface area contributed by atoms with Crippen LogP contribution in [0.25, 0.3) is 0 Å². The van der Waals surface area contributed by atoms with Crippen LogP contribution in [0.15, 0.2) is 24.3 Å². The lowest BCUT2D eigenvalue weighted by molar-refractivity contribution is -0.385. The Hall–Kier alpha value is -1.95. The number of nitro benzene ring substituents is 1. The Balaban J connectivity index is 2.53. The summed E-state index contributed by atoms with van der Waals surface area (Å²) in [5.74, 6) is -0.840. The summed E-state index contributed by atoms with van der Waals surface area (Å²) in [5.41, 5.74) is 0.786. The van der Waals surface area contributed by atoms with E-state index in [4.69, 9.17) is 5.11 Å². The Bertz CT molecular complexity index is 434. The first-order valence-corrected chi connectivity index (χ1v) is 5.63. The maximum atomic E-state index is 10.8. The van der Waals surface area contributed by atoms with Gasteiger partial charge in [0.1, 0.15) is 0 Å². The van der Waals surface area contributed by atoms with Crippen LogP contribution in [-0.4, -0.2) is 41.0 Å². The Morgan fingerprint density at radius 1 is 1.39 bits per heavy atom. The van der Waals surface area contributed by atoms with E-state index in [0.29, 0.717) is 25.1 Å². The van der Waals surface area contributed by atoms with Crippen molar-refractivity contribution >= 4 is 11.7 Å². The molecule has 1 rings (SSSR count). The molecule has 0 radical (unpaired) electrons. The van der Waals surface area contributed by atoms with Gasteiger partial charge in [-0.1, -0.05) is 18.2 Å². The van der Waals surface area contributed by atoms with E-state index < -0.39 is 10.9 Å². The highest BCUT2D eigenvalue weighted by Gasteiger charge is 2.12. The van der Waals surface area contributed by atoms with Gasteiger partial charge in [0.2, 0.25) is 0 Å². The third-order valence-corrected chi connectivity index (χ3v) is 2.66. The molecule has 0 saturated heterocycles. The number of benzene rings is 1. The molecule has 6 nitrogen and oxygen atoms in total. The van der Waals surface area contributed by atoms with E-state index in [1.807, 2.05) is 4.90 Å². The van der Waals surface area contributed by atoms with Gasteiger partial charge < -0.3 is 10.0 Å². The number of nitro groups is 1. The number of para-hydroxylation sites is 1. The third kappa shape index (κ3) is 4.50. The summed E-state index contributed by atoms with van der Waals surface area (Å²) in [4.78, 5) is 22.7. The number of nitrogens with zero attached hydrogens (tertiary/aromatic N) is 2. The molecule has 0 spiro atoms. The minimum absolute atomic E-state index is 0.0768. The highest BCUT2D eigenvalue weighted by atomic mass is 16.6. The van der Waals surface area contributed by atoms with Crippen molar-refractivity contribution in [1.29, 1.82) is 0 Å². The molecule has 98 valence electrons. The van der Waals surface area contributed by atoms with Gasteiger partial charge in [-0.05, 0) is 13.5 Å². The Morgan fingerprint density at radius 2 is 2.06 bits per heavy atom. The van der Waals surface area contributed by atoms with Gasteiger partial charge in [0.05, 0.1) is 11.3 Å². The number of carboxylic acid groups (broad SMARTS) is 1. The monoisotopic (exact) mass is 252 g/mol. The van der Waals surface area contributed by atoms with E-state index in [1.165, 1.54) is 6.07 Å². The molecule has 0 fully saturated rings. The summed E-state index contributed by atoms with van der Waals surface area (Å²) in [6.07, 6.45) is 0.612. The van der Waals surface area contributed by atoms with Crippen LogP contribution in [0.4, 0.5) is 5.69 Å². The molecule has 0 atom stereocenters. The van der Waals surface area contributed by atoms with Gasteiger partial charge in [0.25, 0.3) is 5.69 Å². The molecular weight excluding hydrogens is 236 g/mol. The van der Waals surface area contributed by atoms with Crippen molar-refractivity contribution in [2.45, 2.75) is 12.8 Å². The number of rotatable bonds is 7. The van der Waals surface area contributed by atoms with Crippen molar-refractivity contribution < 1.29 is 14.8 Å². The summed E-state index contributed by atoms with van der Waals surface area (Å²) in [7, 11) is 1.80. The number of hydrogen-bond donors (Lipinski definition) is 1. The van der Waals surface area contributed by atoms with E-state index >= 15 is 0 Å². The minimum atomic E-state index is -0.840. The summed E-state index contributed by atoms with van der Waals surface area (Å²) < 4.78 is 0. The van der Waals surface area contributed by atoms with E-state index in [0.717, 1.165) is 0 Å². The normalized spacial score (nSPS) is 10.6. The minimum Gasteiger partial charge on any atom is -0.481 e. The van der Waals surface area contributed by atoms with Crippen LogP contribution in [0, 0.1) is 10.1 Å². The van der Waals surface area contributed by atoms with Gasteiger partial charge in [0, 0.05) is 24.7 Å². The molecule has 0 bridgehead atoms. The summed E-state index contributed by atoms with van der Waals surface area (Å²) in [6.45, 7) is 1.04. The number of hydrogen-bond acceptors (Lipinski definition) is 4. The maximum absolute atomic E-state index is 10.8. The van der Waals surface area contributed by atoms with Gasteiger partial charge in [-0.15, -0.1) is 0 Å². The molecule has 18 heavy (non-hydrogen) atoms. The number of likely N-dealkylation sites (N-methyl/N-ethyl adjacent to an activating group) is 1. The molecule has 0 aliphatic rings. The van der Waals surface area contributed by atoms with Crippen molar-refractivity contribution in [1.82, 2.24) is 4.90 Å². The van der Waals surface area contributed by atoms with Crippen LogP contribution in [0.2, 0.25) is 0 Å². The number of carbonyl (C=O) groups is 1. The number of aliphatic carboxylic acids is 1. The van der Waals surface area contributed by atoms with E-state index in [9.17, 15) is 14.9 Å². The van der Waals surface area contributed by atoms with Gasteiger partial charge >= 0.3 is 5.97 Å². The van der Waals surface area contributed by atoms with Crippen molar-refractivity contribution in [2.24, 2.45) is 0 Å². The molecular formula is C12H16N2O4. The first-order chi connectivity index (χ1) is 8.50. The molecule has 6 heteroatoms. The van der Waals surface area contributed by atoms with Gasteiger partial charge in [-0.25, -0.2) is 0 Å². The number of carboxylic acids is 1. The fourth-order valence-electron chi connectivity index (χ4n) is 1.61. The standard InChI is InChI=1S/C12H16N2O4/c1-13(9-7-12(15)16)8-6-10-4-2-3-5-11(10)14(17)18/h2-5H,6-9H2,1H3,(H,15,16). The van der Waals surface area contributed by atoms with E-state index in [2.05, 4.69) is 0 Å². The topological polar surface area (TPSA) is 83.7 Å². The van der Waals surface area contributed by atoms with Crippen LogP contribution >= 0.6 is 0 Å². The van der Waals surface area contributed by atoms with Crippen molar-refractivity contribution in [3.63, 3.8) is 0 Å². The zero-order valence-corrected chi connectivity index (χ0v) is 10.2. The fraction of sp³-hybridized carbons (Fsp3) is 0.417. The molecule has 0 aliphatic carbocycles. The molecule has 1 N–H and O–H groups in total. The molecule has 0 aromatic heterocycles. The predicted octanol–water partition coefficient (Wildman–Crippen LogP) is 1.54. The predicted molar refractivity (Wildman–Crippen MR) is 66.6 cm³/mol. The van der Waals surface area contributed by atoms with Crippen LogP contribution in [0.1, 0.15) is 12.0 Å². The first kappa shape index (κ1) is 14.1. The van der Waals surface area contributed by atoms with E-state index in [1.54, 1.807) is 25.2 Å². The van der Waals surface area contributed by atoms with Crippen LogP contribution in [-0.2, 0) is 11.2 Å². The SMILES string of the molecule is CN(CCC(=O)O)CCc1ccccc1[N+](=O)[O-]. The van der Waals surface area contributed by atoms with Gasteiger partial charge in [-0.2, -0.15) is 0 Å². The highest BCUT2D eigenvalue weighted by Crippen LogP contribution is 2.18. The molecule has 0 aliphatic heterocycles. The summed E-state index contributed by atoms with van der Waals surface area (Å²) in [5, 5.41) is 19.3.